The monoisotopic (exact) mass is 322 g/mol. The summed E-state index contributed by atoms with van der Waals surface area (Å²) in [5.74, 6) is -0.0125. The molecule has 124 valence electrons. The van der Waals surface area contributed by atoms with Crippen molar-refractivity contribution < 1.29 is 9.90 Å². The summed E-state index contributed by atoms with van der Waals surface area (Å²) in [6.45, 7) is 4.95. The van der Waals surface area contributed by atoms with Crippen molar-refractivity contribution in [3.8, 4) is 5.75 Å². The van der Waals surface area contributed by atoms with E-state index in [0.29, 0.717) is 11.4 Å². The van der Waals surface area contributed by atoms with E-state index >= 15 is 0 Å². The van der Waals surface area contributed by atoms with Gasteiger partial charge in [0.15, 0.2) is 0 Å². The first kappa shape index (κ1) is 16.1. The van der Waals surface area contributed by atoms with Gasteiger partial charge in [0.25, 0.3) is 5.91 Å². The standard InChI is InChI=1S/C20H22N2O2/c1-3-4-12-22-18-11-6-5-10-17(18)14(2)19(22)20(24)21-15-8-7-9-16(23)13-15/h5-11,13,23H,3-4,12H2,1-2H3,(H,21,24). The molecule has 3 rings (SSSR count). The van der Waals surface area contributed by atoms with Crippen molar-refractivity contribution in [1.82, 2.24) is 4.57 Å². The molecule has 0 bridgehead atoms. The van der Waals surface area contributed by atoms with Gasteiger partial charge in [-0.25, -0.2) is 0 Å². The summed E-state index contributed by atoms with van der Waals surface area (Å²) >= 11 is 0. The number of amides is 1. The highest BCUT2D eigenvalue weighted by Crippen LogP contribution is 2.27. The Morgan fingerprint density at radius 1 is 1.17 bits per heavy atom. The minimum Gasteiger partial charge on any atom is -0.508 e. The average Bonchev–Trinajstić information content (AvgIpc) is 2.85. The van der Waals surface area contributed by atoms with Crippen molar-refractivity contribution in [2.45, 2.75) is 33.2 Å². The van der Waals surface area contributed by atoms with Gasteiger partial charge in [-0.05, 0) is 37.1 Å². The molecule has 24 heavy (non-hydrogen) atoms. The molecule has 0 spiro atoms. The van der Waals surface area contributed by atoms with Gasteiger partial charge < -0.3 is 15.0 Å². The number of rotatable bonds is 5. The number of aryl methyl sites for hydroxylation is 2. The second-order valence-electron chi connectivity index (χ2n) is 6.00. The molecule has 0 aliphatic rings. The zero-order valence-corrected chi connectivity index (χ0v) is 14.0. The first-order valence-corrected chi connectivity index (χ1v) is 8.30. The largest absolute Gasteiger partial charge is 0.508 e. The molecule has 0 aliphatic carbocycles. The maximum absolute atomic E-state index is 12.9. The van der Waals surface area contributed by atoms with Gasteiger partial charge in [-0.15, -0.1) is 0 Å². The Morgan fingerprint density at radius 2 is 1.96 bits per heavy atom. The molecule has 0 unspecified atom stereocenters. The molecule has 1 aromatic heterocycles. The number of carbonyl (C=O) groups excluding carboxylic acids is 1. The minimum atomic E-state index is -0.148. The van der Waals surface area contributed by atoms with Crippen molar-refractivity contribution >= 4 is 22.5 Å². The van der Waals surface area contributed by atoms with Gasteiger partial charge in [0.1, 0.15) is 11.4 Å². The van der Waals surface area contributed by atoms with Crippen LogP contribution in [0.15, 0.2) is 48.5 Å². The number of nitrogens with one attached hydrogen (secondary N) is 1. The molecule has 2 aromatic carbocycles. The number of aromatic hydroxyl groups is 1. The van der Waals surface area contributed by atoms with Crippen molar-refractivity contribution in [2.24, 2.45) is 0 Å². The number of para-hydroxylation sites is 1. The molecule has 0 fully saturated rings. The van der Waals surface area contributed by atoms with E-state index in [1.54, 1.807) is 24.3 Å². The third-order valence-electron chi connectivity index (χ3n) is 4.28. The van der Waals surface area contributed by atoms with Crippen LogP contribution in [0.4, 0.5) is 5.69 Å². The Kier molecular flexibility index (Phi) is 4.56. The Bertz CT molecular complexity index is 880. The molecule has 2 N–H and O–H groups in total. The van der Waals surface area contributed by atoms with Gasteiger partial charge in [-0.2, -0.15) is 0 Å². The number of hydrogen-bond acceptors (Lipinski definition) is 2. The number of phenolic OH excluding ortho intramolecular Hbond substituents is 1. The molecule has 4 nitrogen and oxygen atoms in total. The second-order valence-corrected chi connectivity index (χ2v) is 6.00. The van der Waals surface area contributed by atoms with E-state index in [0.717, 1.165) is 35.9 Å². The fourth-order valence-corrected chi connectivity index (χ4v) is 3.09. The molecule has 4 heteroatoms. The average molecular weight is 322 g/mol. The number of fused-ring (bicyclic) bond motifs is 1. The first-order chi connectivity index (χ1) is 11.6. The predicted octanol–water partition coefficient (Wildman–Crippen LogP) is 4.71. The highest BCUT2D eigenvalue weighted by molar-refractivity contribution is 6.08. The van der Waals surface area contributed by atoms with E-state index in [1.807, 2.05) is 19.1 Å². The zero-order chi connectivity index (χ0) is 17.1. The van der Waals surface area contributed by atoms with Crippen LogP contribution in [0, 0.1) is 6.92 Å². The molecule has 0 saturated carbocycles. The van der Waals surface area contributed by atoms with E-state index in [1.165, 1.54) is 0 Å². The van der Waals surface area contributed by atoms with Gasteiger partial charge in [0.05, 0.1) is 0 Å². The number of hydrogen-bond donors (Lipinski definition) is 2. The summed E-state index contributed by atoms with van der Waals surface area (Å²) in [7, 11) is 0. The van der Waals surface area contributed by atoms with Crippen LogP contribution in [0.2, 0.25) is 0 Å². The van der Waals surface area contributed by atoms with Crippen LogP contribution in [0.3, 0.4) is 0 Å². The number of unbranched alkanes of at least 4 members (excludes halogenated alkanes) is 1. The number of aromatic nitrogens is 1. The van der Waals surface area contributed by atoms with Crippen LogP contribution < -0.4 is 5.32 Å². The lowest BCUT2D eigenvalue weighted by atomic mass is 10.1. The lowest BCUT2D eigenvalue weighted by molar-refractivity contribution is 0.101. The molecule has 0 radical (unpaired) electrons. The number of anilines is 1. The molecule has 1 amide bonds. The summed E-state index contributed by atoms with van der Waals surface area (Å²) in [5, 5.41) is 13.6. The van der Waals surface area contributed by atoms with E-state index < -0.39 is 0 Å². The topological polar surface area (TPSA) is 54.3 Å². The normalized spacial score (nSPS) is 10.9. The molecule has 0 saturated heterocycles. The van der Waals surface area contributed by atoms with Gasteiger partial charge in [-0.1, -0.05) is 37.6 Å². The van der Waals surface area contributed by atoms with E-state index in [2.05, 4.69) is 28.9 Å². The van der Waals surface area contributed by atoms with Gasteiger partial charge in [-0.3, -0.25) is 4.79 Å². The Labute approximate surface area is 141 Å². The van der Waals surface area contributed by atoms with Crippen molar-refractivity contribution in [2.75, 3.05) is 5.32 Å². The van der Waals surface area contributed by atoms with E-state index in [-0.39, 0.29) is 11.7 Å². The third-order valence-corrected chi connectivity index (χ3v) is 4.28. The Morgan fingerprint density at radius 3 is 2.71 bits per heavy atom. The first-order valence-electron chi connectivity index (χ1n) is 8.30. The van der Waals surface area contributed by atoms with Crippen LogP contribution in [-0.2, 0) is 6.54 Å². The number of nitrogens with zero attached hydrogens (tertiary/aromatic N) is 1. The lowest BCUT2D eigenvalue weighted by Gasteiger charge is -2.12. The van der Waals surface area contributed by atoms with Crippen molar-refractivity contribution in [3.63, 3.8) is 0 Å². The van der Waals surface area contributed by atoms with Crippen LogP contribution in [0.5, 0.6) is 5.75 Å². The number of carbonyl (C=O) groups is 1. The second kappa shape index (κ2) is 6.79. The van der Waals surface area contributed by atoms with Crippen molar-refractivity contribution in [1.29, 1.82) is 0 Å². The maximum atomic E-state index is 12.9. The quantitative estimate of drug-likeness (QED) is 0.715. The predicted molar refractivity (Wildman–Crippen MR) is 97.6 cm³/mol. The molecule has 0 atom stereocenters. The Hall–Kier alpha value is -2.75. The smallest absolute Gasteiger partial charge is 0.272 e. The van der Waals surface area contributed by atoms with Crippen LogP contribution in [0.1, 0.15) is 35.8 Å². The summed E-state index contributed by atoms with van der Waals surface area (Å²) in [6, 6.07) is 14.7. The van der Waals surface area contributed by atoms with Crippen LogP contribution >= 0.6 is 0 Å². The minimum absolute atomic E-state index is 0.135. The van der Waals surface area contributed by atoms with E-state index in [4.69, 9.17) is 0 Å². The van der Waals surface area contributed by atoms with Gasteiger partial charge in [0.2, 0.25) is 0 Å². The maximum Gasteiger partial charge on any atom is 0.272 e. The molecule has 0 aliphatic heterocycles. The highest BCUT2D eigenvalue weighted by atomic mass is 16.3. The zero-order valence-electron chi connectivity index (χ0n) is 14.0. The summed E-state index contributed by atoms with van der Waals surface area (Å²) < 4.78 is 2.10. The molecular formula is C20H22N2O2. The molecular weight excluding hydrogens is 300 g/mol. The summed E-state index contributed by atoms with van der Waals surface area (Å²) in [6.07, 6.45) is 2.09. The molecule has 1 heterocycles. The van der Waals surface area contributed by atoms with Crippen molar-refractivity contribution in [3.05, 3.63) is 59.8 Å². The summed E-state index contributed by atoms with van der Waals surface area (Å²) in [5.41, 5.74) is 3.35. The lowest BCUT2D eigenvalue weighted by Crippen LogP contribution is -2.18. The Balaban J connectivity index is 2.03. The van der Waals surface area contributed by atoms with Gasteiger partial charge >= 0.3 is 0 Å². The third kappa shape index (κ3) is 3.00. The fourth-order valence-electron chi connectivity index (χ4n) is 3.09. The van der Waals surface area contributed by atoms with Gasteiger partial charge in [0, 0.05) is 29.2 Å². The number of benzene rings is 2. The SMILES string of the molecule is CCCCn1c(C(=O)Nc2cccc(O)c2)c(C)c2ccccc21. The van der Waals surface area contributed by atoms with E-state index in [9.17, 15) is 9.90 Å². The molecule has 3 aromatic rings. The summed E-state index contributed by atoms with van der Waals surface area (Å²) in [4.78, 5) is 12.9. The number of phenols is 1. The fraction of sp³-hybridized carbons (Fsp3) is 0.250. The highest BCUT2D eigenvalue weighted by Gasteiger charge is 2.20. The van der Waals surface area contributed by atoms with Crippen LogP contribution in [-0.4, -0.2) is 15.6 Å². The van der Waals surface area contributed by atoms with Crippen LogP contribution in [0.25, 0.3) is 10.9 Å².